The average Bonchev–Trinajstić information content (AvgIpc) is 3.68. The highest BCUT2D eigenvalue weighted by atomic mass is 32.3. The quantitative estimate of drug-likeness (QED) is 0.141. The van der Waals surface area contributed by atoms with Crippen LogP contribution in [0.25, 0.3) is 0 Å². The Labute approximate surface area is 340 Å². The summed E-state index contributed by atoms with van der Waals surface area (Å²) < 4.78 is 50.2. The Bertz CT molecular complexity index is 1980. The number of hydrogen-bond donors (Lipinski definition) is 6. The predicted molar refractivity (Wildman–Crippen MR) is 213 cm³/mol. The summed E-state index contributed by atoms with van der Waals surface area (Å²) in [5.41, 5.74) is 2.63. The maximum atomic E-state index is 14.9. The number of nitrogens with zero attached hydrogens (tertiary/aromatic N) is 5. The average molecular weight is 849 g/mol. The first-order valence-corrected chi connectivity index (χ1v) is 23.3. The summed E-state index contributed by atoms with van der Waals surface area (Å²) >= 11 is 0. The highest BCUT2D eigenvalue weighted by Crippen LogP contribution is 2.47. The van der Waals surface area contributed by atoms with Crippen LogP contribution in [0.5, 0.6) is 0 Å². The summed E-state index contributed by atoms with van der Waals surface area (Å²) in [6.07, 6.45) is 7.28. The van der Waals surface area contributed by atoms with Crippen LogP contribution in [0.3, 0.4) is 0 Å². The molecule has 7 N–H and O–H groups in total. The van der Waals surface area contributed by atoms with Gasteiger partial charge in [0.2, 0.25) is 27.6 Å². The van der Waals surface area contributed by atoms with Crippen LogP contribution < -0.4 is 16.4 Å². The molecule has 2 saturated carbocycles. The van der Waals surface area contributed by atoms with E-state index in [4.69, 9.17) is 5.73 Å². The van der Waals surface area contributed by atoms with Crippen LogP contribution in [0.4, 0.5) is 0 Å². The van der Waals surface area contributed by atoms with Crippen molar-refractivity contribution in [1.82, 2.24) is 34.8 Å². The molecule has 0 spiro atoms. The van der Waals surface area contributed by atoms with Gasteiger partial charge in [-0.2, -0.15) is 14.9 Å². The minimum Gasteiger partial charge on any atom is -0.384 e. The third kappa shape index (κ3) is 9.41. The molecule has 4 amide bonds. The standard InChI is InChI=1S/C38H56N8O10S2/c1-4-45(26-12-13-26)58(55,56)28-14-10-25(11-15-28)34(49)41-29(20-24-8-6-5-7-9-24)36(51)44-23-27(46-31(22-40-43-46)37(2,3)52)21-30(44)35(50)42-38(32(47)33(39)48)16-18-57(53,54)19-17-38/h10-11,14-15,22,24,26-27,29-30,52-54H,4-9,12-13,16-21,23H2,1-3H3,(H2,39,48)(H,41,49)(H,42,50)/t27-,29?,30-/m0/s1. The van der Waals surface area contributed by atoms with Gasteiger partial charge in [0.05, 0.1) is 22.8 Å². The number of amides is 4. The van der Waals surface area contributed by atoms with Gasteiger partial charge in [0.25, 0.3) is 11.8 Å². The normalized spacial score (nSPS) is 23.5. The van der Waals surface area contributed by atoms with E-state index in [1.54, 1.807) is 20.8 Å². The molecule has 18 nitrogen and oxygen atoms in total. The number of carbonyl (C=O) groups is 5. The fraction of sp³-hybridized carbons (Fsp3) is 0.658. The number of likely N-dealkylation sites (tertiary alicyclic amines) is 1. The number of rotatable bonds is 15. The van der Waals surface area contributed by atoms with Crippen molar-refractivity contribution in [3.63, 3.8) is 0 Å². The lowest BCUT2D eigenvalue weighted by Crippen LogP contribution is -2.64. The van der Waals surface area contributed by atoms with Crippen LogP contribution in [0.2, 0.25) is 0 Å². The van der Waals surface area contributed by atoms with Crippen molar-refractivity contribution < 1.29 is 46.6 Å². The summed E-state index contributed by atoms with van der Waals surface area (Å²) in [7, 11) is -6.83. The van der Waals surface area contributed by atoms with Gasteiger partial charge in [0.1, 0.15) is 23.2 Å². The molecule has 3 heterocycles. The first-order valence-electron chi connectivity index (χ1n) is 20.0. The van der Waals surface area contributed by atoms with Gasteiger partial charge in [-0.05, 0) is 76.1 Å². The van der Waals surface area contributed by atoms with Crippen molar-refractivity contribution in [3.05, 3.63) is 41.7 Å². The van der Waals surface area contributed by atoms with Crippen LogP contribution in [0.1, 0.15) is 113 Å². The molecule has 2 aromatic rings. The Morgan fingerprint density at radius 3 is 2.24 bits per heavy atom. The Morgan fingerprint density at radius 1 is 1.03 bits per heavy atom. The molecular formula is C38H56N8O10S2. The highest BCUT2D eigenvalue weighted by Gasteiger charge is 2.51. The molecule has 4 aliphatic rings. The second-order valence-corrected chi connectivity index (χ2v) is 21.0. The number of sulfonamides is 1. The van der Waals surface area contributed by atoms with Crippen LogP contribution in [0, 0.1) is 5.92 Å². The maximum absolute atomic E-state index is 14.9. The third-order valence-electron chi connectivity index (χ3n) is 12.0. The molecule has 320 valence electrons. The zero-order chi connectivity index (χ0) is 42.2. The van der Waals surface area contributed by atoms with Gasteiger partial charge in [-0.3, -0.25) is 33.1 Å². The second kappa shape index (κ2) is 17.0. The van der Waals surface area contributed by atoms with Gasteiger partial charge in [0.15, 0.2) is 0 Å². The molecule has 3 atom stereocenters. The lowest BCUT2D eigenvalue weighted by Gasteiger charge is -2.45. The lowest BCUT2D eigenvalue weighted by molar-refractivity contribution is -0.145. The monoisotopic (exact) mass is 848 g/mol. The molecule has 0 radical (unpaired) electrons. The van der Waals surface area contributed by atoms with E-state index in [1.807, 2.05) is 0 Å². The molecule has 20 heteroatoms. The first kappa shape index (κ1) is 43.6. The number of ketones is 1. The van der Waals surface area contributed by atoms with E-state index in [9.17, 15) is 46.6 Å². The largest absolute Gasteiger partial charge is 0.384 e. The number of nitrogens with two attached hydrogens (primary N) is 1. The van der Waals surface area contributed by atoms with Crippen molar-refractivity contribution >= 4 is 50.0 Å². The molecule has 4 fully saturated rings. The van der Waals surface area contributed by atoms with Gasteiger partial charge in [0, 0.05) is 42.6 Å². The van der Waals surface area contributed by atoms with Gasteiger partial charge in [-0.1, -0.05) is 44.2 Å². The van der Waals surface area contributed by atoms with E-state index in [-0.39, 0.29) is 66.2 Å². The van der Waals surface area contributed by atoms with Crippen molar-refractivity contribution in [3.8, 4) is 0 Å². The zero-order valence-electron chi connectivity index (χ0n) is 33.2. The van der Waals surface area contributed by atoms with Gasteiger partial charge >= 0.3 is 0 Å². The molecule has 1 aromatic heterocycles. The van der Waals surface area contributed by atoms with Gasteiger partial charge in [-0.25, -0.2) is 13.1 Å². The summed E-state index contributed by atoms with van der Waals surface area (Å²) in [6.45, 7) is 5.09. The predicted octanol–water partition coefficient (Wildman–Crippen LogP) is 2.04. The maximum Gasteiger partial charge on any atom is 0.287 e. The van der Waals surface area contributed by atoms with Gasteiger partial charge < -0.3 is 26.4 Å². The van der Waals surface area contributed by atoms with Crippen LogP contribution in [-0.4, -0.2) is 125 Å². The van der Waals surface area contributed by atoms with Crippen LogP contribution >= 0.6 is 10.6 Å². The van der Waals surface area contributed by atoms with E-state index < -0.39 is 79.3 Å². The Balaban J connectivity index is 1.31. The van der Waals surface area contributed by atoms with E-state index in [0.29, 0.717) is 12.2 Å². The number of nitrogens with one attached hydrogen (secondary N) is 2. The van der Waals surface area contributed by atoms with Crippen LogP contribution in [0.15, 0.2) is 35.4 Å². The fourth-order valence-corrected chi connectivity index (χ4v) is 11.9. The Kier molecular flexibility index (Phi) is 12.8. The minimum atomic E-state index is -3.77. The summed E-state index contributed by atoms with van der Waals surface area (Å²) in [5, 5.41) is 24.7. The number of benzene rings is 1. The number of hydrogen-bond acceptors (Lipinski definition) is 12. The van der Waals surface area contributed by atoms with Crippen molar-refractivity contribution in [1.29, 1.82) is 0 Å². The molecule has 2 aliphatic carbocycles. The second-order valence-electron chi connectivity index (χ2n) is 16.7. The van der Waals surface area contributed by atoms with E-state index >= 15 is 0 Å². The molecule has 0 bridgehead atoms. The number of Topliss-reactive ketones (excluding diaryl/α,β-unsaturated/α-hetero) is 1. The molecular weight excluding hydrogens is 793 g/mol. The smallest absolute Gasteiger partial charge is 0.287 e. The molecule has 2 saturated heterocycles. The lowest BCUT2D eigenvalue weighted by atomic mass is 9.84. The zero-order valence-corrected chi connectivity index (χ0v) is 34.8. The van der Waals surface area contributed by atoms with Crippen molar-refractivity contribution in [2.45, 2.75) is 132 Å². The number of aromatic nitrogens is 3. The summed E-state index contributed by atoms with van der Waals surface area (Å²) in [6, 6.07) is 2.46. The molecule has 2 aliphatic heterocycles. The number of primary amides is 1. The van der Waals surface area contributed by atoms with E-state index in [2.05, 4.69) is 20.9 Å². The minimum absolute atomic E-state index is 0.0368. The Hall–Kier alpha value is -3.95. The highest BCUT2D eigenvalue weighted by molar-refractivity contribution is 8.24. The first-order chi connectivity index (χ1) is 27.3. The summed E-state index contributed by atoms with van der Waals surface area (Å²) in [4.78, 5) is 70.2. The van der Waals surface area contributed by atoms with Crippen molar-refractivity contribution in [2.75, 3.05) is 24.6 Å². The Morgan fingerprint density at radius 2 is 1.67 bits per heavy atom. The topological polar surface area (TPSA) is 267 Å². The molecule has 1 unspecified atom stereocenters. The van der Waals surface area contributed by atoms with Gasteiger partial charge in [-0.15, -0.1) is 5.10 Å². The molecule has 6 rings (SSSR count). The van der Waals surface area contributed by atoms with E-state index in [0.717, 1.165) is 44.9 Å². The SMILES string of the molecule is CCN(C1CC1)S(=O)(=O)c1ccc(C(=O)NC(CC2CCCCC2)C(=O)N2C[C@@H](n3nncc3C(C)(C)O)C[C@H]2C(=O)NC2(C(=O)C(N)=O)CCS(O)(O)CC2)cc1. The molecule has 58 heavy (non-hydrogen) atoms. The number of aliphatic hydroxyl groups is 1. The fourth-order valence-electron chi connectivity index (χ4n) is 8.62. The summed E-state index contributed by atoms with van der Waals surface area (Å²) in [5.74, 6) is -4.81. The molecule has 1 aromatic carbocycles. The third-order valence-corrected chi connectivity index (χ3v) is 15.8. The number of carbonyl (C=O) groups excluding carboxylic acids is 5. The van der Waals surface area contributed by atoms with Crippen molar-refractivity contribution in [2.24, 2.45) is 11.7 Å². The van der Waals surface area contributed by atoms with Crippen LogP contribution in [-0.2, 0) is 34.8 Å². The van der Waals surface area contributed by atoms with E-state index in [1.165, 1.54) is 44.3 Å².